The number of nitrogens with two attached hydrogens (primary N) is 1. The van der Waals surface area contributed by atoms with Crippen LogP contribution in [0, 0.1) is 0 Å². The van der Waals surface area contributed by atoms with Crippen molar-refractivity contribution in [2.45, 2.75) is 25.7 Å². The quantitative estimate of drug-likeness (QED) is 0.639. The molecule has 4 heteroatoms. The van der Waals surface area contributed by atoms with E-state index in [0.29, 0.717) is 5.02 Å². The summed E-state index contributed by atoms with van der Waals surface area (Å²) in [5.41, 5.74) is 0. The maximum Gasteiger partial charge on any atom is 0.137 e. The maximum absolute atomic E-state index is 8.61. The van der Waals surface area contributed by atoms with Crippen LogP contribution >= 0.6 is 11.6 Å². The lowest BCUT2D eigenvalue weighted by Gasteiger charge is -2.07. The molecule has 0 radical (unpaired) electrons. The number of benzene rings is 1. The highest BCUT2D eigenvalue weighted by molar-refractivity contribution is 6.32. The maximum atomic E-state index is 8.61. The smallest absolute Gasteiger partial charge is 0.137 e. The number of aliphatic hydroxyl groups excluding tert-OH is 1. The summed E-state index contributed by atoms with van der Waals surface area (Å²) in [6, 6.07) is 7.57. The van der Waals surface area contributed by atoms with Gasteiger partial charge < -0.3 is 15.2 Å². The average Bonchev–Trinajstić information content (AvgIpc) is 2.39. The Morgan fingerprint density at radius 3 is 2.61 bits per heavy atom. The van der Waals surface area contributed by atoms with Gasteiger partial charge in [0.1, 0.15) is 5.75 Å². The monoisotopic (exact) mass is 272 g/mol. The van der Waals surface area contributed by atoms with Crippen LogP contribution in [0.25, 0.3) is 0 Å². The highest BCUT2D eigenvalue weighted by Crippen LogP contribution is 2.23. The SMILES string of the molecule is OCC[NH2+]CCCCCCOc1ccccc1Cl. The van der Waals surface area contributed by atoms with Crippen molar-refractivity contribution in [2.24, 2.45) is 0 Å². The zero-order valence-electron chi connectivity index (χ0n) is 10.8. The van der Waals surface area contributed by atoms with E-state index in [4.69, 9.17) is 21.4 Å². The molecule has 0 spiro atoms. The van der Waals surface area contributed by atoms with Crippen LogP contribution in [0.15, 0.2) is 24.3 Å². The van der Waals surface area contributed by atoms with Gasteiger partial charge in [-0.05, 0) is 37.8 Å². The Morgan fingerprint density at radius 1 is 1.06 bits per heavy atom. The molecule has 102 valence electrons. The first kappa shape index (κ1) is 15.3. The molecule has 3 nitrogen and oxygen atoms in total. The van der Waals surface area contributed by atoms with E-state index < -0.39 is 0 Å². The number of hydrogen-bond donors (Lipinski definition) is 2. The Bertz CT molecular complexity index is 320. The summed E-state index contributed by atoms with van der Waals surface area (Å²) in [6.45, 7) is 2.91. The summed E-state index contributed by atoms with van der Waals surface area (Å²) in [4.78, 5) is 0. The third kappa shape index (κ3) is 6.84. The molecule has 18 heavy (non-hydrogen) atoms. The average molecular weight is 273 g/mol. The number of aliphatic hydroxyl groups is 1. The Labute approximate surface area is 114 Å². The van der Waals surface area contributed by atoms with Gasteiger partial charge in [-0.1, -0.05) is 23.7 Å². The summed E-state index contributed by atoms with van der Waals surface area (Å²) >= 11 is 5.99. The van der Waals surface area contributed by atoms with Crippen LogP contribution in [0.4, 0.5) is 0 Å². The Hall–Kier alpha value is -0.770. The minimum Gasteiger partial charge on any atom is -0.492 e. The third-order valence-corrected chi connectivity index (χ3v) is 3.04. The number of hydrogen-bond acceptors (Lipinski definition) is 2. The van der Waals surface area contributed by atoms with E-state index >= 15 is 0 Å². The van der Waals surface area contributed by atoms with E-state index in [1.807, 2.05) is 24.3 Å². The number of unbranched alkanes of at least 4 members (excludes halogenated alkanes) is 3. The molecule has 3 N–H and O–H groups in total. The molecule has 0 fully saturated rings. The van der Waals surface area contributed by atoms with E-state index in [1.54, 1.807) is 0 Å². The molecule has 1 rings (SSSR count). The predicted octanol–water partition coefficient (Wildman–Crippen LogP) is 1.83. The largest absolute Gasteiger partial charge is 0.492 e. The summed E-state index contributed by atoms with van der Waals surface area (Å²) in [6.07, 6.45) is 4.66. The van der Waals surface area contributed by atoms with Gasteiger partial charge in [0.15, 0.2) is 0 Å². The van der Waals surface area contributed by atoms with E-state index in [-0.39, 0.29) is 6.61 Å². The van der Waals surface area contributed by atoms with Crippen molar-refractivity contribution in [1.82, 2.24) is 0 Å². The van der Waals surface area contributed by atoms with Crippen LogP contribution < -0.4 is 10.1 Å². The lowest BCUT2D eigenvalue weighted by molar-refractivity contribution is -0.656. The molecule has 0 unspecified atom stereocenters. The second-order valence-electron chi connectivity index (χ2n) is 4.28. The van der Waals surface area contributed by atoms with Gasteiger partial charge >= 0.3 is 0 Å². The van der Waals surface area contributed by atoms with Gasteiger partial charge in [0.25, 0.3) is 0 Å². The second kappa shape index (κ2) is 10.2. The molecule has 0 atom stereocenters. The van der Waals surface area contributed by atoms with E-state index in [1.165, 1.54) is 19.3 Å². The Kier molecular flexibility index (Phi) is 8.65. The zero-order chi connectivity index (χ0) is 13.1. The number of quaternary nitrogens is 1. The lowest BCUT2D eigenvalue weighted by Crippen LogP contribution is -2.85. The summed E-state index contributed by atoms with van der Waals surface area (Å²) in [5.74, 6) is 0.774. The highest BCUT2D eigenvalue weighted by atomic mass is 35.5. The fourth-order valence-electron chi connectivity index (χ4n) is 1.72. The van der Waals surface area contributed by atoms with Gasteiger partial charge in [0, 0.05) is 0 Å². The number of halogens is 1. The van der Waals surface area contributed by atoms with Crippen molar-refractivity contribution in [1.29, 1.82) is 0 Å². The van der Waals surface area contributed by atoms with Gasteiger partial charge in [-0.15, -0.1) is 0 Å². The molecule has 0 saturated carbocycles. The first-order chi connectivity index (χ1) is 8.84. The molecule has 0 amide bonds. The van der Waals surface area contributed by atoms with Crippen molar-refractivity contribution in [2.75, 3.05) is 26.3 Å². The van der Waals surface area contributed by atoms with Crippen LogP contribution in [0.3, 0.4) is 0 Å². The van der Waals surface area contributed by atoms with Gasteiger partial charge in [0.2, 0.25) is 0 Å². The van der Waals surface area contributed by atoms with Gasteiger partial charge in [-0.25, -0.2) is 0 Å². The zero-order valence-corrected chi connectivity index (χ0v) is 11.5. The van der Waals surface area contributed by atoms with Crippen LogP contribution in [-0.2, 0) is 0 Å². The fourth-order valence-corrected chi connectivity index (χ4v) is 1.91. The van der Waals surface area contributed by atoms with Crippen molar-refractivity contribution in [3.05, 3.63) is 29.3 Å². The van der Waals surface area contributed by atoms with Crippen molar-refractivity contribution in [3.8, 4) is 5.75 Å². The second-order valence-corrected chi connectivity index (χ2v) is 4.69. The summed E-state index contributed by atoms with van der Waals surface area (Å²) in [5, 5.41) is 11.4. The van der Waals surface area contributed by atoms with E-state index in [2.05, 4.69) is 5.32 Å². The standard InChI is InChI=1S/C14H22ClNO2/c15-13-7-3-4-8-14(13)18-12-6-2-1-5-9-16-10-11-17/h3-4,7-8,16-17H,1-2,5-6,9-12H2/p+1. The molecule has 0 bridgehead atoms. The molecule has 0 aromatic heterocycles. The van der Waals surface area contributed by atoms with Gasteiger partial charge in [-0.3, -0.25) is 0 Å². The normalized spacial score (nSPS) is 10.6. The summed E-state index contributed by atoms with van der Waals surface area (Å²) in [7, 11) is 0. The molecule has 0 saturated heterocycles. The molecule has 0 aliphatic carbocycles. The number of rotatable bonds is 10. The van der Waals surface area contributed by atoms with Crippen molar-refractivity contribution in [3.63, 3.8) is 0 Å². The molecular formula is C14H23ClNO2+. The van der Waals surface area contributed by atoms with Crippen LogP contribution in [-0.4, -0.2) is 31.4 Å². The van der Waals surface area contributed by atoms with Crippen molar-refractivity contribution >= 4 is 11.6 Å². The molecule has 1 aromatic rings. The fraction of sp³-hybridized carbons (Fsp3) is 0.571. The lowest BCUT2D eigenvalue weighted by atomic mass is 10.2. The van der Waals surface area contributed by atoms with Crippen LogP contribution in [0.5, 0.6) is 5.75 Å². The Balaban J connectivity index is 1.94. The molecule has 1 aromatic carbocycles. The molecular weight excluding hydrogens is 250 g/mol. The first-order valence-corrected chi connectivity index (χ1v) is 7.02. The number of ether oxygens (including phenoxy) is 1. The van der Waals surface area contributed by atoms with Gasteiger partial charge in [-0.2, -0.15) is 0 Å². The van der Waals surface area contributed by atoms with Crippen molar-refractivity contribution < 1.29 is 15.2 Å². The predicted molar refractivity (Wildman–Crippen MR) is 74.2 cm³/mol. The van der Waals surface area contributed by atoms with Crippen LogP contribution in [0.2, 0.25) is 5.02 Å². The molecule has 0 heterocycles. The topological polar surface area (TPSA) is 46.1 Å². The summed E-state index contributed by atoms with van der Waals surface area (Å²) < 4.78 is 5.61. The van der Waals surface area contributed by atoms with Crippen LogP contribution in [0.1, 0.15) is 25.7 Å². The molecule has 0 aliphatic heterocycles. The highest BCUT2D eigenvalue weighted by Gasteiger charge is 1.99. The minimum atomic E-state index is 0.270. The minimum absolute atomic E-state index is 0.270. The van der Waals surface area contributed by atoms with Gasteiger partial charge in [0.05, 0.1) is 31.3 Å². The number of para-hydroxylation sites is 1. The first-order valence-electron chi connectivity index (χ1n) is 6.64. The Morgan fingerprint density at radius 2 is 1.83 bits per heavy atom. The third-order valence-electron chi connectivity index (χ3n) is 2.73. The van der Waals surface area contributed by atoms with E-state index in [0.717, 1.165) is 31.9 Å². The molecule has 0 aliphatic rings. The van der Waals surface area contributed by atoms with E-state index in [9.17, 15) is 0 Å².